The highest BCUT2D eigenvalue weighted by Crippen LogP contribution is 2.44. The fraction of sp³-hybridized carbons (Fsp3) is 0.154. The lowest BCUT2D eigenvalue weighted by Crippen LogP contribution is -2.29. The van der Waals surface area contributed by atoms with Crippen LogP contribution in [-0.2, 0) is 16.1 Å². The molecule has 3 aromatic rings. The quantitative estimate of drug-likeness (QED) is 0.248. The van der Waals surface area contributed by atoms with E-state index >= 15 is 0 Å². The van der Waals surface area contributed by atoms with Crippen LogP contribution < -0.4 is 9.47 Å². The van der Waals surface area contributed by atoms with E-state index in [1.54, 1.807) is 0 Å². The third-order valence-corrected chi connectivity index (χ3v) is 6.42. The fourth-order valence-electron chi connectivity index (χ4n) is 4.06. The average molecular weight is 532 g/mol. The van der Waals surface area contributed by atoms with Crippen LogP contribution in [0.5, 0.6) is 17.2 Å². The molecule has 0 spiro atoms. The van der Waals surface area contributed by atoms with Crippen LogP contribution in [0.25, 0.3) is 5.76 Å². The second kappa shape index (κ2) is 10.1. The number of amides is 1. The maximum Gasteiger partial charge on any atom is 0.295 e. The average Bonchev–Trinajstić information content (AvgIpc) is 3.11. The summed E-state index contributed by atoms with van der Waals surface area (Å²) in [5.74, 6) is -2.56. The first-order valence-electron chi connectivity index (χ1n) is 10.6. The molecule has 1 saturated heterocycles. The van der Waals surface area contributed by atoms with E-state index in [0.717, 1.165) is 0 Å². The van der Waals surface area contributed by atoms with Gasteiger partial charge in [0.1, 0.15) is 28.8 Å². The molecule has 1 aliphatic rings. The van der Waals surface area contributed by atoms with Crippen molar-refractivity contribution in [2.45, 2.75) is 12.6 Å². The molecule has 3 aromatic carbocycles. The zero-order chi connectivity index (χ0) is 26.1. The lowest BCUT2D eigenvalue weighted by molar-refractivity contribution is -0.140. The number of nitrogens with zero attached hydrogens (tertiary/aromatic N) is 1. The topological polar surface area (TPSA) is 96.3 Å². The summed E-state index contributed by atoms with van der Waals surface area (Å²) >= 11 is 12.4. The largest absolute Gasteiger partial charge is 0.507 e. The third kappa shape index (κ3) is 4.57. The highest BCUT2D eigenvalue weighted by atomic mass is 35.5. The Morgan fingerprint density at radius 3 is 2.25 bits per heavy atom. The summed E-state index contributed by atoms with van der Waals surface area (Å²) in [4.78, 5) is 27.7. The zero-order valence-electron chi connectivity index (χ0n) is 19.1. The molecule has 186 valence electrons. The summed E-state index contributed by atoms with van der Waals surface area (Å²) < 4.78 is 24.0. The molecule has 7 nitrogen and oxygen atoms in total. The fourth-order valence-corrected chi connectivity index (χ4v) is 4.49. The Bertz CT molecular complexity index is 1390. The summed E-state index contributed by atoms with van der Waals surface area (Å²) in [6.45, 7) is -0.0642. The molecule has 4 rings (SSSR count). The number of aliphatic hydroxyl groups excluding tert-OH is 1. The van der Waals surface area contributed by atoms with Crippen molar-refractivity contribution < 1.29 is 33.7 Å². The van der Waals surface area contributed by atoms with Crippen molar-refractivity contribution in [3.05, 3.63) is 92.7 Å². The number of aliphatic hydroxyl groups is 1. The minimum Gasteiger partial charge on any atom is -0.507 e. The number of ketones is 1. The Labute approximate surface area is 215 Å². The van der Waals surface area contributed by atoms with Crippen LogP contribution in [0.4, 0.5) is 4.39 Å². The van der Waals surface area contributed by atoms with E-state index in [9.17, 15) is 24.2 Å². The molecule has 1 heterocycles. The molecule has 1 atom stereocenters. The number of hydrogen-bond acceptors (Lipinski definition) is 6. The molecule has 0 bridgehead atoms. The first kappa shape index (κ1) is 25.3. The monoisotopic (exact) mass is 531 g/mol. The maximum absolute atomic E-state index is 13.4. The van der Waals surface area contributed by atoms with E-state index in [2.05, 4.69) is 0 Å². The summed E-state index contributed by atoms with van der Waals surface area (Å²) in [7, 11) is 2.78. The van der Waals surface area contributed by atoms with Crippen LogP contribution in [0.15, 0.2) is 60.2 Å². The van der Waals surface area contributed by atoms with Crippen LogP contribution in [0.2, 0.25) is 10.0 Å². The van der Waals surface area contributed by atoms with Crippen LogP contribution in [-0.4, -0.2) is 41.0 Å². The van der Waals surface area contributed by atoms with Gasteiger partial charge in [0.2, 0.25) is 0 Å². The second-order valence-corrected chi connectivity index (χ2v) is 8.77. The van der Waals surface area contributed by atoms with E-state index in [1.807, 2.05) is 0 Å². The summed E-state index contributed by atoms with van der Waals surface area (Å²) in [6, 6.07) is 11.4. The Morgan fingerprint density at radius 2 is 1.64 bits per heavy atom. The van der Waals surface area contributed by atoms with E-state index in [4.69, 9.17) is 32.7 Å². The van der Waals surface area contributed by atoms with Gasteiger partial charge in [-0.05, 0) is 41.5 Å². The van der Waals surface area contributed by atoms with Crippen LogP contribution in [0.1, 0.15) is 22.7 Å². The van der Waals surface area contributed by atoms with Gasteiger partial charge in [-0.25, -0.2) is 4.39 Å². The van der Waals surface area contributed by atoms with Crippen molar-refractivity contribution in [3.8, 4) is 17.2 Å². The van der Waals surface area contributed by atoms with Gasteiger partial charge in [-0.2, -0.15) is 0 Å². The lowest BCUT2D eigenvalue weighted by Gasteiger charge is -2.26. The van der Waals surface area contributed by atoms with E-state index in [0.29, 0.717) is 11.1 Å². The number of aromatic hydroxyl groups is 1. The van der Waals surface area contributed by atoms with Gasteiger partial charge in [-0.1, -0.05) is 41.4 Å². The van der Waals surface area contributed by atoms with Gasteiger partial charge < -0.3 is 24.6 Å². The van der Waals surface area contributed by atoms with Crippen LogP contribution in [0, 0.1) is 5.82 Å². The number of Topliss-reactive ketones (excluding diaryl/α,β-unsaturated/α-hetero) is 1. The van der Waals surface area contributed by atoms with Crippen molar-refractivity contribution >= 4 is 40.7 Å². The van der Waals surface area contributed by atoms with Gasteiger partial charge in [-0.3, -0.25) is 9.59 Å². The number of halogens is 3. The van der Waals surface area contributed by atoms with Crippen molar-refractivity contribution in [2.24, 2.45) is 0 Å². The molecule has 1 fully saturated rings. The molecule has 1 aliphatic heterocycles. The third-order valence-electron chi connectivity index (χ3n) is 5.82. The van der Waals surface area contributed by atoms with Crippen LogP contribution in [0.3, 0.4) is 0 Å². The van der Waals surface area contributed by atoms with Gasteiger partial charge >= 0.3 is 0 Å². The molecule has 10 heteroatoms. The van der Waals surface area contributed by atoms with Crippen molar-refractivity contribution in [3.63, 3.8) is 0 Å². The van der Waals surface area contributed by atoms with E-state index in [-0.39, 0.29) is 45.0 Å². The number of likely N-dealkylation sites (tertiary alicyclic amines) is 1. The number of benzene rings is 3. The minimum absolute atomic E-state index is 0.00931. The Morgan fingerprint density at radius 1 is 0.972 bits per heavy atom. The summed E-state index contributed by atoms with van der Waals surface area (Å²) in [5, 5.41) is 21.4. The number of phenols is 1. The number of carbonyl (C=O) groups excluding carboxylic acids is 2. The highest BCUT2D eigenvalue weighted by Gasteiger charge is 2.46. The number of hydrogen-bond donors (Lipinski definition) is 2. The highest BCUT2D eigenvalue weighted by molar-refractivity contribution is 6.46. The van der Waals surface area contributed by atoms with Crippen molar-refractivity contribution in [1.29, 1.82) is 0 Å². The molecule has 0 saturated carbocycles. The van der Waals surface area contributed by atoms with Gasteiger partial charge in [0.05, 0.1) is 41.4 Å². The second-order valence-electron chi connectivity index (χ2n) is 7.95. The molecule has 0 radical (unpaired) electrons. The zero-order valence-corrected chi connectivity index (χ0v) is 20.6. The molecule has 0 aromatic heterocycles. The first-order chi connectivity index (χ1) is 17.2. The van der Waals surface area contributed by atoms with Crippen molar-refractivity contribution in [2.75, 3.05) is 14.2 Å². The van der Waals surface area contributed by atoms with Crippen LogP contribution >= 0.6 is 23.2 Å². The number of carbonyl (C=O) groups is 2. The number of phenolic OH excluding ortho intramolecular Hbond substituents is 1. The van der Waals surface area contributed by atoms with Gasteiger partial charge in [-0.15, -0.1) is 0 Å². The number of rotatable bonds is 6. The summed E-state index contributed by atoms with van der Waals surface area (Å²) in [6.07, 6.45) is 0. The molecular formula is C26H20Cl2FNO6. The maximum atomic E-state index is 13.4. The number of ether oxygens (including phenoxy) is 2. The minimum atomic E-state index is -1.08. The van der Waals surface area contributed by atoms with Gasteiger partial charge in [0, 0.05) is 12.6 Å². The Kier molecular flexibility index (Phi) is 7.10. The Balaban J connectivity index is 1.93. The molecular weight excluding hydrogens is 512 g/mol. The lowest BCUT2D eigenvalue weighted by atomic mass is 9.94. The van der Waals surface area contributed by atoms with E-state index < -0.39 is 29.3 Å². The Hall–Kier alpha value is -3.75. The SMILES string of the molecule is COc1cc(OC)c(/C(O)=C2\C(=O)C(=O)N(Cc3ccc(F)cc3)C2c2ccc(O)c(Cl)c2)cc1Cl. The standard InChI is InChI=1S/C26H20Cl2FNO6/c1-35-20-11-21(36-2)18(28)10-16(20)24(32)22-23(14-5-8-19(31)17(27)9-14)30(26(34)25(22)33)12-13-3-6-15(29)7-4-13/h3-11,23,31-32H,12H2,1-2H3/b24-22+. The normalized spacial score (nSPS) is 16.9. The molecule has 1 amide bonds. The van der Waals surface area contributed by atoms with E-state index in [1.165, 1.54) is 73.7 Å². The number of methoxy groups -OCH3 is 2. The first-order valence-corrected chi connectivity index (χ1v) is 11.3. The smallest absolute Gasteiger partial charge is 0.295 e. The van der Waals surface area contributed by atoms with Crippen molar-refractivity contribution in [1.82, 2.24) is 4.90 Å². The molecule has 36 heavy (non-hydrogen) atoms. The predicted molar refractivity (Wildman–Crippen MR) is 132 cm³/mol. The van der Waals surface area contributed by atoms with Gasteiger partial charge in [0.15, 0.2) is 0 Å². The molecule has 2 N–H and O–H groups in total. The van der Waals surface area contributed by atoms with Gasteiger partial charge in [0.25, 0.3) is 11.7 Å². The molecule has 1 unspecified atom stereocenters. The molecule has 0 aliphatic carbocycles. The summed E-state index contributed by atoms with van der Waals surface area (Å²) in [5.41, 5.74) is 0.749. The predicted octanol–water partition coefficient (Wildman–Crippen LogP) is 5.48.